The lowest BCUT2D eigenvalue weighted by molar-refractivity contribution is -0.149. The minimum Gasteiger partial charge on any atom is -0.493 e. The number of aliphatic carboxylic acids is 1. The lowest BCUT2D eigenvalue weighted by Gasteiger charge is -2.22. The zero-order valence-electron chi connectivity index (χ0n) is 19.2. The van der Waals surface area contributed by atoms with Crippen LogP contribution in [0.3, 0.4) is 0 Å². The molecule has 4 rings (SSSR count). The number of nitrogens with zero attached hydrogens (tertiary/aromatic N) is 2. The summed E-state index contributed by atoms with van der Waals surface area (Å²) < 4.78 is 47.9. The van der Waals surface area contributed by atoms with Gasteiger partial charge in [0.25, 0.3) is 10.0 Å². The molecule has 1 aliphatic heterocycles. The standard InChI is InChI=1S/C25H29FN2O5S/c1-3-27(4-2)16-10-9-12-18-11-5-8-15-22(18)34(31,32)28(26)25(24(29)30)20-17-33-21-14-7-6-13-19(21)23(20)25/h5-9,11-15,20,23H,3-4,10,16-17H2,1-2H3,(H,29,30)/b12-9-/t20-,23-,25?/m0/s1. The molecule has 1 heterocycles. The molecule has 0 spiro atoms. The van der Waals surface area contributed by atoms with Gasteiger partial charge in [0.15, 0.2) is 5.54 Å². The highest BCUT2D eigenvalue weighted by Gasteiger charge is 2.79. The monoisotopic (exact) mass is 488 g/mol. The van der Waals surface area contributed by atoms with Crippen LogP contribution in [0.1, 0.15) is 37.3 Å². The van der Waals surface area contributed by atoms with E-state index in [4.69, 9.17) is 4.74 Å². The molecule has 2 aromatic carbocycles. The van der Waals surface area contributed by atoms with Gasteiger partial charge >= 0.3 is 5.97 Å². The van der Waals surface area contributed by atoms with Crippen LogP contribution in [0.5, 0.6) is 5.75 Å². The Labute approximate surface area is 199 Å². The minimum atomic E-state index is -4.76. The summed E-state index contributed by atoms with van der Waals surface area (Å²) in [7, 11) is -4.76. The number of hydrogen-bond donors (Lipinski definition) is 1. The van der Waals surface area contributed by atoms with Crippen LogP contribution in [0.25, 0.3) is 6.08 Å². The summed E-state index contributed by atoms with van der Waals surface area (Å²) in [5.41, 5.74) is -1.43. The zero-order chi connectivity index (χ0) is 24.5. The first-order valence-corrected chi connectivity index (χ1v) is 12.9. The van der Waals surface area contributed by atoms with Gasteiger partial charge in [-0.05, 0) is 41.7 Å². The van der Waals surface area contributed by atoms with Crippen molar-refractivity contribution in [3.05, 3.63) is 65.7 Å². The second-order valence-electron chi connectivity index (χ2n) is 8.54. The molecule has 9 heteroatoms. The van der Waals surface area contributed by atoms with Gasteiger partial charge in [-0.15, -0.1) is 4.48 Å². The SMILES string of the molecule is CCN(CC)CC/C=C\c1ccccc1S(=O)(=O)N(F)C1(C(=O)O)[C@H]2COc3ccccc3[C@@H]21. The first-order chi connectivity index (χ1) is 16.3. The lowest BCUT2D eigenvalue weighted by atomic mass is 10.0. The van der Waals surface area contributed by atoms with Crippen molar-refractivity contribution in [2.75, 3.05) is 26.2 Å². The number of sulfonamides is 1. The lowest BCUT2D eigenvalue weighted by Crippen LogP contribution is -2.45. The molecule has 1 fully saturated rings. The van der Waals surface area contributed by atoms with Crippen molar-refractivity contribution in [3.8, 4) is 5.75 Å². The summed E-state index contributed by atoms with van der Waals surface area (Å²) in [6.45, 7) is 6.72. The predicted molar refractivity (Wildman–Crippen MR) is 127 cm³/mol. The molecule has 0 saturated heterocycles. The van der Waals surface area contributed by atoms with Crippen LogP contribution in [-0.4, -0.2) is 60.7 Å². The zero-order valence-corrected chi connectivity index (χ0v) is 20.0. The van der Waals surface area contributed by atoms with Gasteiger partial charge in [-0.3, -0.25) is 4.79 Å². The number of carboxylic acids is 1. The highest BCUT2D eigenvalue weighted by atomic mass is 32.2. The number of hydrogen-bond acceptors (Lipinski definition) is 5. The second kappa shape index (κ2) is 9.48. The number of fused-ring (bicyclic) bond motifs is 3. The minimum absolute atomic E-state index is 0.0726. The van der Waals surface area contributed by atoms with E-state index in [9.17, 15) is 18.3 Å². The Kier molecular flexibility index (Phi) is 6.80. The van der Waals surface area contributed by atoms with Gasteiger partial charge in [-0.2, -0.15) is 0 Å². The molecule has 2 aromatic rings. The number of para-hydroxylation sites is 1. The first kappa shape index (κ1) is 24.4. The molecule has 0 radical (unpaired) electrons. The summed E-state index contributed by atoms with van der Waals surface area (Å²) in [6.07, 6.45) is 4.20. The van der Waals surface area contributed by atoms with Crippen LogP contribution >= 0.6 is 0 Å². The van der Waals surface area contributed by atoms with Crippen molar-refractivity contribution < 1.29 is 27.5 Å². The van der Waals surface area contributed by atoms with Crippen LogP contribution in [0.2, 0.25) is 0 Å². The van der Waals surface area contributed by atoms with Crippen LogP contribution < -0.4 is 4.74 Å². The molecule has 0 aromatic heterocycles. The summed E-state index contributed by atoms with van der Waals surface area (Å²) in [4.78, 5) is 14.3. The van der Waals surface area contributed by atoms with E-state index in [1.807, 2.05) is 6.08 Å². The summed E-state index contributed by atoms with van der Waals surface area (Å²) in [5, 5.41) is 10.1. The van der Waals surface area contributed by atoms with Gasteiger partial charge in [0, 0.05) is 23.9 Å². The van der Waals surface area contributed by atoms with E-state index in [0.717, 1.165) is 19.6 Å². The molecule has 1 N–H and O–H groups in total. The maximum absolute atomic E-state index is 15.9. The Bertz CT molecular complexity index is 1200. The Hall–Kier alpha value is -2.75. The Morgan fingerprint density at radius 3 is 2.56 bits per heavy atom. The van der Waals surface area contributed by atoms with Gasteiger partial charge in [0.1, 0.15) is 5.75 Å². The quantitative estimate of drug-likeness (QED) is 0.510. The fraction of sp³-hybridized carbons (Fsp3) is 0.400. The maximum atomic E-state index is 15.9. The topological polar surface area (TPSA) is 87.2 Å². The van der Waals surface area contributed by atoms with Crippen molar-refractivity contribution in [3.63, 3.8) is 0 Å². The number of rotatable bonds is 10. The molecule has 7 nitrogen and oxygen atoms in total. The molecule has 1 unspecified atom stereocenters. The van der Waals surface area contributed by atoms with E-state index in [2.05, 4.69) is 18.7 Å². The molecule has 182 valence electrons. The Morgan fingerprint density at radius 2 is 1.85 bits per heavy atom. The molecular weight excluding hydrogens is 459 g/mol. The van der Waals surface area contributed by atoms with Crippen LogP contribution in [-0.2, 0) is 14.8 Å². The van der Waals surface area contributed by atoms with E-state index in [1.54, 1.807) is 42.5 Å². The molecule has 0 amide bonds. The molecule has 2 aliphatic rings. The van der Waals surface area contributed by atoms with Crippen LogP contribution in [0, 0.1) is 5.92 Å². The third-order valence-electron chi connectivity index (χ3n) is 6.85. The highest BCUT2D eigenvalue weighted by Crippen LogP contribution is 2.66. The van der Waals surface area contributed by atoms with Gasteiger partial charge in [-0.1, -0.05) is 62.4 Å². The number of carbonyl (C=O) groups is 1. The van der Waals surface area contributed by atoms with E-state index >= 15 is 4.48 Å². The molecule has 1 aliphatic carbocycles. The normalized spacial score (nSPS) is 23.6. The van der Waals surface area contributed by atoms with Gasteiger partial charge in [0.05, 0.1) is 11.5 Å². The van der Waals surface area contributed by atoms with E-state index in [1.165, 1.54) is 12.1 Å². The number of carboxylic acid groups (broad SMARTS) is 1. The average molecular weight is 489 g/mol. The fourth-order valence-corrected chi connectivity index (χ4v) is 6.50. The number of ether oxygens (including phenoxy) is 1. The molecule has 0 bridgehead atoms. The maximum Gasteiger partial charge on any atom is 0.329 e. The fourth-order valence-electron chi connectivity index (χ4n) is 4.92. The highest BCUT2D eigenvalue weighted by molar-refractivity contribution is 7.89. The molecule has 34 heavy (non-hydrogen) atoms. The molecular formula is C25H29FN2O5S. The third-order valence-corrected chi connectivity index (χ3v) is 8.50. The van der Waals surface area contributed by atoms with Gasteiger partial charge in [0.2, 0.25) is 0 Å². The number of halogens is 1. The molecule has 3 atom stereocenters. The van der Waals surface area contributed by atoms with Crippen molar-refractivity contribution in [2.24, 2.45) is 5.92 Å². The van der Waals surface area contributed by atoms with E-state index in [0.29, 0.717) is 23.3 Å². The van der Waals surface area contributed by atoms with Gasteiger partial charge < -0.3 is 14.7 Å². The first-order valence-electron chi connectivity index (χ1n) is 11.4. The van der Waals surface area contributed by atoms with Crippen LogP contribution in [0.4, 0.5) is 4.48 Å². The van der Waals surface area contributed by atoms with Crippen molar-refractivity contribution in [1.29, 1.82) is 0 Å². The smallest absolute Gasteiger partial charge is 0.329 e. The average Bonchev–Trinajstić information content (AvgIpc) is 3.54. The summed E-state index contributed by atoms with van der Waals surface area (Å²) >= 11 is 0. The number of benzene rings is 2. The molecule has 1 saturated carbocycles. The van der Waals surface area contributed by atoms with Crippen LogP contribution in [0.15, 0.2) is 59.5 Å². The second-order valence-corrected chi connectivity index (χ2v) is 10.2. The largest absolute Gasteiger partial charge is 0.493 e. The van der Waals surface area contributed by atoms with E-state index in [-0.39, 0.29) is 11.5 Å². The van der Waals surface area contributed by atoms with Crippen molar-refractivity contribution in [2.45, 2.75) is 36.6 Å². The Morgan fingerprint density at radius 1 is 1.18 bits per heavy atom. The summed E-state index contributed by atoms with van der Waals surface area (Å²) in [6, 6.07) is 12.8. The third kappa shape index (κ3) is 3.91. The Balaban J connectivity index is 1.65. The van der Waals surface area contributed by atoms with E-state index < -0.39 is 37.9 Å². The van der Waals surface area contributed by atoms with Gasteiger partial charge in [-0.25, -0.2) is 8.42 Å². The van der Waals surface area contributed by atoms with Crippen molar-refractivity contribution >= 4 is 22.1 Å². The predicted octanol–water partition coefficient (Wildman–Crippen LogP) is 3.94. The summed E-state index contributed by atoms with van der Waals surface area (Å²) in [5.74, 6) is -2.72. The van der Waals surface area contributed by atoms with Crippen molar-refractivity contribution in [1.82, 2.24) is 9.43 Å².